The van der Waals surface area contributed by atoms with Crippen molar-refractivity contribution in [1.82, 2.24) is 19.7 Å². The predicted octanol–water partition coefficient (Wildman–Crippen LogP) is 4.22. The van der Waals surface area contributed by atoms with Crippen LogP contribution in [0.15, 0.2) is 65.7 Å². The van der Waals surface area contributed by atoms with Gasteiger partial charge in [0.05, 0.1) is 5.69 Å². The summed E-state index contributed by atoms with van der Waals surface area (Å²) in [6.45, 7) is 3.12. The summed E-state index contributed by atoms with van der Waals surface area (Å²) in [5.41, 5.74) is 3.59. The number of hydrogen-bond donors (Lipinski definition) is 0. The lowest BCUT2D eigenvalue weighted by atomic mass is 10.1. The second-order valence-electron chi connectivity index (χ2n) is 5.61. The van der Waals surface area contributed by atoms with Gasteiger partial charge in [-0.25, -0.2) is 9.67 Å². The van der Waals surface area contributed by atoms with E-state index in [1.165, 1.54) is 11.1 Å². The molecule has 3 aromatic rings. The van der Waals surface area contributed by atoms with E-state index in [0.717, 1.165) is 16.7 Å². The lowest BCUT2D eigenvalue weighted by Crippen LogP contribution is -2.22. The number of aromatic nitrogens is 3. The van der Waals surface area contributed by atoms with E-state index in [1.54, 1.807) is 17.3 Å². The van der Waals surface area contributed by atoms with Crippen molar-refractivity contribution >= 4 is 15.9 Å². The molecule has 23 heavy (non-hydrogen) atoms. The third-order valence-electron chi connectivity index (χ3n) is 4.10. The number of rotatable bonds is 5. The lowest BCUT2D eigenvalue weighted by molar-refractivity contribution is 0.252. The summed E-state index contributed by atoms with van der Waals surface area (Å²) in [7, 11) is 2.15. The van der Waals surface area contributed by atoms with Crippen LogP contribution in [0, 0.1) is 0 Å². The van der Waals surface area contributed by atoms with Gasteiger partial charge < -0.3 is 0 Å². The first-order valence-corrected chi connectivity index (χ1v) is 8.33. The van der Waals surface area contributed by atoms with Crippen molar-refractivity contribution in [3.8, 4) is 5.69 Å². The zero-order valence-electron chi connectivity index (χ0n) is 13.2. The molecule has 0 spiro atoms. The molecule has 5 heteroatoms. The lowest BCUT2D eigenvalue weighted by Gasteiger charge is -2.25. The van der Waals surface area contributed by atoms with Crippen molar-refractivity contribution in [3.63, 3.8) is 0 Å². The first-order valence-electron chi connectivity index (χ1n) is 7.54. The number of benzene rings is 2. The molecule has 1 atom stereocenters. The van der Waals surface area contributed by atoms with E-state index in [4.69, 9.17) is 0 Å². The van der Waals surface area contributed by atoms with E-state index in [9.17, 15) is 0 Å². The molecule has 0 saturated heterocycles. The highest BCUT2D eigenvalue weighted by Crippen LogP contribution is 2.24. The summed E-state index contributed by atoms with van der Waals surface area (Å²) < 4.78 is 2.92. The Labute approximate surface area is 144 Å². The monoisotopic (exact) mass is 370 g/mol. The highest BCUT2D eigenvalue weighted by molar-refractivity contribution is 9.10. The summed E-state index contributed by atoms with van der Waals surface area (Å²) >= 11 is 3.62. The Hall–Kier alpha value is -1.98. The molecule has 118 valence electrons. The average Bonchev–Trinajstić information content (AvgIpc) is 3.11. The highest BCUT2D eigenvalue weighted by Gasteiger charge is 2.13. The van der Waals surface area contributed by atoms with Crippen molar-refractivity contribution in [3.05, 3.63) is 76.8 Å². The largest absolute Gasteiger partial charge is 0.295 e. The van der Waals surface area contributed by atoms with Gasteiger partial charge in [-0.2, -0.15) is 5.10 Å². The van der Waals surface area contributed by atoms with Gasteiger partial charge in [0.25, 0.3) is 0 Å². The second kappa shape index (κ2) is 7.06. The molecule has 0 saturated carbocycles. The van der Waals surface area contributed by atoms with Crippen molar-refractivity contribution in [1.29, 1.82) is 0 Å². The van der Waals surface area contributed by atoms with Gasteiger partial charge in [0.1, 0.15) is 12.7 Å². The molecular formula is C18H19BrN4. The molecule has 0 amide bonds. The van der Waals surface area contributed by atoms with Crippen molar-refractivity contribution in [2.45, 2.75) is 19.5 Å². The summed E-state index contributed by atoms with van der Waals surface area (Å²) in [6, 6.07) is 17.1. The van der Waals surface area contributed by atoms with Crippen LogP contribution in [0.5, 0.6) is 0 Å². The fraction of sp³-hybridized carbons (Fsp3) is 0.222. The minimum absolute atomic E-state index is 0.326. The minimum atomic E-state index is 0.326. The Morgan fingerprint density at radius 2 is 1.87 bits per heavy atom. The highest BCUT2D eigenvalue weighted by atomic mass is 79.9. The maximum Gasteiger partial charge on any atom is 0.138 e. The molecule has 0 unspecified atom stereocenters. The van der Waals surface area contributed by atoms with E-state index in [0.29, 0.717) is 6.04 Å². The number of hydrogen-bond acceptors (Lipinski definition) is 3. The van der Waals surface area contributed by atoms with E-state index >= 15 is 0 Å². The average molecular weight is 371 g/mol. The normalized spacial score (nSPS) is 12.5. The van der Waals surface area contributed by atoms with Gasteiger partial charge in [-0.15, -0.1) is 0 Å². The smallest absolute Gasteiger partial charge is 0.138 e. The molecule has 1 heterocycles. The van der Waals surface area contributed by atoms with Gasteiger partial charge in [-0.3, -0.25) is 4.90 Å². The van der Waals surface area contributed by atoms with Crippen LogP contribution in [0.25, 0.3) is 5.69 Å². The van der Waals surface area contributed by atoms with Crippen LogP contribution in [-0.4, -0.2) is 26.7 Å². The second-order valence-corrected chi connectivity index (χ2v) is 6.47. The molecule has 0 bridgehead atoms. The Kier molecular flexibility index (Phi) is 4.88. The SMILES string of the molecule is C[C@H](c1ccc(-n2cncn2)cc1)N(C)Cc1ccccc1Br. The summed E-state index contributed by atoms with van der Waals surface area (Å²) in [5, 5.41) is 4.15. The molecule has 1 aromatic heterocycles. The first-order chi connectivity index (χ1) is 11.1. The van der Waals surface area contributed by atoms with Crippen LogP contribution in [0.3, 0.4) is 0 Å². The summed E-state index contributed by atoms with van der Waals surface area (Å²) in [4.78, 5) is 6.32. The number of halogens is 1. The molecule has 0 aliphatic carbocycles. The molecule has 3 rings (SSSR count). The van der Waals surface area contributed by atoms with E-state index in [-0.39, 0.29) is 0 Å². The standard InChI is InChI=1S/C18H19BrN4/c1-14(22(2)11-16-5-3-4-6-18(16)19)15-7-9-17(10-8-15)23-13-20-12-21-23/h3-10,12-14H,11H2,1-2H3/t14-/m1/s1. The van der Waals surface area contributed by atoms with Gasteiger partial charge in [-0.05, 0) is 43.3 Å². The molecular weight excluding hydrogens is 352 g/mol. The fourth-order valence-electron chi connectivity index (χ4n) is 2.53. The predicted molar refractivity (Wildman–Crippen MR) is 95.4 cm³/mol. The molecule has 0 aliphatic rings. The van der Waals surface area contributed by atoms with Gasteiger partial charge in [-0.1, -0.05) is 46.3 Å². The van der Waals surface area contributed by atoms with Crippen molar-refractivity contribution < 1.29 is 0 Å². The Bertz CT molecular complexity index is 753. The maximum absolute atomic E-state index is 4.15. The fourth-order valence-corrected chi connectivity index (χ4v) is 2.94. The van der Waals surface area contributed by atoms with Crippen LogP contribution < -0.4 is 0 Å². The van der Waals surface area contributed by atoms with Gasteiger partial charge in [0.15, 0.2) is 0 Å². The molecule has 0 N–H and O–H groups in total. The molecule has 2 aromatic carbocycles. The van der Waals surface area contributed by atoms with Gasteiger partial charge >= 0.3 is 0 Å². The molecule has 4 nitrogen and oxygen atoms in total. The van der Waals surface area contributed by atoms with Crippen LogP contribution in [-0.2, 0) is 6.54 Å². The third-order valence-corrected chi connectivity index (χ3v) is 4.87. The van der Waals surface area contributed by atoms with Crippen LogP contribution in [0.4, 0.5) is 0 Å². The third kappa shape index (κ3) is 3.68. The number of nitrogens with zero attached hydrogens (tertiary/aromatic N) is 4. The zero-order valence-corrected chi connectivity index (χ0v) is 14.8. The van der Waals surface area contributed by atoms with E-state index in [1.807, 2.05) is 6.07 Å². The Morgan fingerprint density at radius 3 is 2.52 bits per heavy atom. The molecule has 0 radical (unpaired) electrons. The van der Waals surface area contributed by atoms with Crippen LogP contribution in [0.1, 0.15) is 24.1 Å². The molecule has 0 fully saturated rings. The minimum Gasteiger partial charge on any atom is -0.295 e. The maximum atomic E-state index is 4.15. The Balaban J connectivity index is 1.72. The van der Waals surface area contributed by atoms with Crippen molar-refractivity contribution in [2.24, 2.45) is 0 Å². The van der Waals surface area contributed by atoms with Gasteiger partial charge in [0, 0.05) is 17.1 Å². The summed E-state index contributed by atoms with van der Waals surface area (Å²) in [5.74, 6) is 0. The van der Waals surface area contributed by atoms with Crippen molar-refractivity contribution in [2.75, 3.05) is 7.05 Å². The van der Waals surface area contributed by atoms with Crippen LogP contribution in [0.2, 0.25) is 0 Å². The quantitative estimate of drug-likeness (QED) is 0.673. The van der Waals surface area contributed by atoms with Gasteiger partial charge in [0.2, 0.25) is 0 Å². The zero-order chi connectivity index (χ0) is 16.2. The van der Waals surface area contributed by atoms with E-state index < -0.39 is 0 Å². The summed E-state index contributed by atoms with van der Waals surface area (Å²) in [6.07, 6.45) is 3.25. The topological polar surface area (TPSA) is 34.0 Å². The van der Waals surface area contributed by atoms with Crippen LogP contribution >= 0.6 is 15.9 Å². The Morgan fingerprint density at radius 1 is 1.13 bits per heavy atom. The molecule has 0 aliphatic heterocycles. The first kappa shape index (κ1) is 15.9. The van der Waals surface area contributed by atoms with E-state index in [2.05, 4.69) is 87.3 Å².